The molecule has 1 heterocycles. The summed E-state index contributed by atoms with van der Waals surface area (Å²) in [6, 6.07) is 10.5. The Labute approximate surface area is 144 Å². The fraction of sp³-hybridized carbons (Fsp3) is 0.381. The van der Waals surface area contributed by atoms with Gasteiger partial charge in [0.1, 0.15) is 5.75 Å². The van der Waals surface area contributed by atoms with Crippen LogP contribution in [0.1, 0.15) is 45.1 Å². The lowest BCUT2D eigenvalue weighted by Crippen LogP contribution is -2.35. The van der Waals surface area contributed by atoms with Crippen molar-refractivity contribution < 1.29 is 9.53 Å². The van der Waals surface area contributed by atoms with Crippen molar-refractivity contribution in [1.82, 2.24) is 5.32 Å². The van der Waals surface area contributed by atoms with E-state index >= 15 is 0 Å². The summed E-state index contributed by atoms with van der Waals surface area (Å²) >= 11 is 0. The monoisotopic (exact) mass is 323 g/mol. The first-order valence-electron chi connectivity index (χ1n) is 8.57. The van der Waals surface area contributed by atoms with Crippen molar-refractivity contribution >= 4 is 5.91 Å². The third-order valence-corrected chi connectivity index (χ3v) is 4.58. The van der Waals surface area contributed by atoms with E-state index in [2.05, 4.69) is 43.4 Å². The largest absolute Gasteiger partial charge is 0.493 e. The Morgan fingerprint density at radius 2 is 1.88 bits per heavy atom. The quantitative estimate of drug-likeness (QED) is 0.926. The zero-order valence-corrected chi connectivity index (χ0v) is 14.9. The molecule has 3 nitrogen and oxygen atoms in total. The number of hydrogen-bond acceptors (Lipinski definition) is 2. The van der Waals surface area contributed by atoms with Gasteiger partial charge in [-0.25, -0.2) is 0 Å². The lowest BCUT2D eigenvalue weighted by atomic mass is 9.98. The van der Waals surface area contributed by atoms with E-state index in [4.69, 9.17) is 4.74 Å². The molecule has 0 fully saturated rings. The molecule has 24 heavy (non-hydrogen) atoms. The number of hydrogen-bond donors (Lipinski definition) is 1. The summed E-state index contributed by atoms with van der Waals surface area (Å²) in [5.74, 6) is 1.02. The first-order chi connectivity index (χ1) is 11.4. The highest BCUT2D eigenvalue weighted by molar-refractivity contribution is 5.97. The van der Waals surface area contributed by atoms with Gasteiger partial charge >= 0.3 is 0 Å². The Hall–Kier alpha value is -2.29. The van der Waals surface area contributed by atoms with E-state index in [9.17, 15) is 4.79 Å². The van der Waals surface area contributed by atoms with Gasteiger partial charge in [-0.05, 0) is 62.4 Å². The van der Waals surface area contributed by atoms with Crippen LogP contribution in [-0.4, -0.2) is 18.6 Å². The van der Waals surface area contributed by atoms with E-state index in [0.717, 1.165) is 41.9 Å². The maximum Gasteiger partial charge on any atom is 0.252 e. The molecule has 1 amide bonds. The standard InChI is InChI=1S/C21H25NO2/c1-13-9-14(2)20(15(3)10-13)21(23)22-16(4)11-17-5-6-19-18(12-17)7-8-24-19/h5-6,9-10,12,16H,7-8,11H2,1-4H3,(H,22,23). The van der Waals surface area contributed by atoms with E-state index in [0.29, 0.717) is 0 Å². The van der Waals surface area contributed by atoms with Crippen molar-refractivity contribution in [2.45, 2.75) is 46.6 Å². The van der Waals surface area contributed by atoms with Crippen molar-refractivity contribution in [3.63, 3.8) is 0 Å². The number of fused-ring (bicyclic) bond motifs is 1. The Morgan fingerprint density at radius 3 is 2.58 bits per heavy atom. The molecule has 0 radical (unpaired) electrons. The van der Waals surface area contributed by atoms with Crippen LogP contribution in [-0.2, 0) is 12.8 Å². The van der Waals surface area contributed by atoms with E-state index in [1.54, 1.807) is 0 Å². The van der Waals surface area contributed by atoms with Crippen LogP contribution in [0.25, 0.3) is 0 Å². The summed E-state index contributed by atoms with van der Waals surface area (Å²) in [5, 5.41) is 3.14. The van der Waals surface area contributed by atoms with Crippen LogP contribution in [0, 0.1) is 20.8 Å². The topological polar surface area (TPSA) is 38.3 Å². The second-order valence-corrected chi connectivity index (χ2v) is 6.89. The van der Waals surface area contributed by atoms with Crippen molar-refractivity contribution in [1.29, 1.82) is 0 Å². The van der Waals surface area contributed by atoms with E-state index in [1.165, 1.54) is 16.7 Å². The summed E-state index contributed by atoms with van der Waals surface area (Å²) in [6.07, 6.45) is 1.80. The summed E-state index contributed by atoms with van der Waals surface area (Å²) in [4.78, 5) is 12.7. The van der Waals surface area contributed by atoms with Crippen LogP contribution in [0.4, 0.5) is 0 Å². The Bertz CT molecular complexity index is 756. The molecular weight excluding hydrogens is 298 g/mol. The molecule has 3 heteroatoms. The highest BCUT2D eigenvalue weighted by Gasteiger charge is 2.17. The molecule has 0 bridgehead atoms. The van der Waals surface area contributed by atoms with Crippen LogP contribution < -0.4 is 10.1 Å². The maximum absolute atomic E-state index is 12.7. The average Bonchev–Trinajstić information content (AvgIpc) is 2.93. The minimum atomic E-state index is 0.0157. The van der Waals surface area contributed by atoms with Gasteiger partial charge in [0.2, 0.25) is 0 Å². The third kappa shape index (κ3) is 3.45. The molecule has 2 aromatic carbocycles. The molecule has 126 valence electrons. The molecule has 0 aliphatic carbocycles. The molecular formula is C21H25NO2. The fourth-order valence-corrected chi connectivity index (χ4v) is 3.61. The SMILES string of the molecule is Cc1cc(C)c(C(=O)NC(C)Cc2ccc3c(c2)CCO3)c(C)c1. The van der Waals surface area contributed by atoms with E-state index in [1.807, 2.05) is 19.9 Å². The fourth-order valence-electron chi connectivity index (χ4n) is 3.61. The normalized spacial score (nSPS) is 14.0. The number of carbonyl (C=O) groups is 1. The minimum Gasteiger partial charge on any atom is -0.493 e. The lowest BCUT2D eigenvalue weighted by molar-refractivity contribution is 0.0939. The summed E-state index contributed by atoms with van der Waals surface area (Å²) < 4.78 is 5.55. The molecule has 1 unspecified atom stereocenters. The Kier molecular flexibility index (Phi) is 4.61. The zero-order valence-electron chi connectivity index (χ0n) is 14.9. The van der Waals surface area contributed by atoms with Crippen LogP contribution in [0.3, 0.4) is 0 Å². The summed E-state index contributed by atoms with van der Waals surface area (Å²) in [6.45, 7) is 8.89. The van der Waals surface area contributed by atoms with Crippen molar-refractivity contribution in [2.75, 3.05) is 6.61 Å². The highest BCUT2D eigenvalue weighted by Crippen LogP contribution is 2.26. The third-order valence-electron chi connectivity index (χ3n) is 4.58. The van der Waals surface area contributed by atoms with Gasteiger partial charge in [-0.2, -0.15) is 0 Å². The van der Waals surface area contributed by atoms with Gasteiger partial charge in [0.15, 0.2) is 0 Å². The van der Waals surface area contributed by atoms with Crippen LogP contribution in [0.5, 0.6) is 5.75 Å². The van der Waals surface area contributed by atoms with E-state index in [-0.39, 0.29) is 11.9 Å². The van der Waals surface area contributed by atoms with Crippen molar-refractivity contribution in [3.8, 4) is 5.75 Å². The van der Waals surface area contributed by atoms with Crippen LogP contribution >= 0.6 is 0 Å². The van der Waals surface area contributed by atoms with Gasteiger partial charge in [-0.3, -0.25) is 4.79 Å². The Balaban J connectivity index is 1.69. The number of ether oxygens (including phenoxy) is 1. The Morgan fingerprint density at radius 1 is 1.17 bits per heavy atom. The number of carbonyl (C=O) groups excluding carboxylic acids is 1. The number of aryl methyl sites for hydroxylation is 3. The number of nitrogens with one attached hydrogen (secondary N) is 1. The molecule has 1 aliphatic rings. The first-order valence-corrected chi connectivity index (χ1v) is 8.57. The van der Waals surface area contributed by atoms with Crippen LogP contribution in [0.2, 0.25) is 0 Å². The molecule has 0 aromatic heterocycles. The van der Waals surface area contributed by atoms with Gasteiger partial charge in [0.05, 0.1) is 6.61 Å². The van der Waals surface area contributed by atoms with Gasteiger partial charge in [-0.1, -0.05) is 29.8 Å². The summed E-state index contributed by atoms with van der Waals surface area (Å²) in [5.41, 5.74) is 6.57. The van der Waals surface area contributed by atoms with E-state index < -0.39 is 0 Å². The molecule has 2 aromatic rings. The number of benzene rings is 2. The van der Waals surface area contributed by atoms with Gasteiger partial charge in [0, 0.05) is 18.0 Å². The number of rotatable bonds is 4. The molecule has 0 spiro atoms. The first kappa shape index (κ1) is 16.6. The maximum atomic E-state index is 12.7. The van der Waals surface area contributed by atoms with Crippen LogP contribution in [0.15, 0.2) is 30.3 Å². The lowest BCUT2D eigenvalue weighted by Gasteiger charge is -2.17. The molecule has 0 saturated heterocycles. The second-order valence-electron chi connectivity index (χ2n) is 6.89. The van der Waals surface area contributed by atoms with Gasteiger partial charge in [-0.15, -0.1) is 0 Å². The zero-order chi connectivity index (χ0) is 17.3. The minimum absolute atomic E-state index is 0.0157. The molecule has 1 N–H and O–H groups in total. The summed E-state index contributed by atoms with van der Waals surface area (Å²) in [7, 11) is 0. The molecule has 3 rings (SSSR count). The molecule has 1 aliphatic heterocycles. The highest BCUT2D eigenvalue weighted by atomic mass is 16.5. The van der Waals surface area contributed by atoms with Crippen molar-refractivity contribution in [2.24, 2.45) is 0 Å². The van der Waals surface area contributed by atoms with Gasteiger partial charge < -0.3 is 10.1 Å². The second kappa shape index (κ2) is 6.68. The predicted molar refractivity (Wildman–Crippen MR) is 96.9 cm³/mol. The number of amides is 1. The average molecular weight is 323 g/mol. The smallest absolute Gasteiger partial charge is 0.252 e. The molecule has 0 saturated carbocycles. The predicted octanol–water partition coefficient (Wildman–Crippen LogP) is 3.91. The van der Waals surface area contributed by atoms with Gasteiger partial charge in [0.25, 0.3) is 5.91 Å². The van der Waals surface area contributed by atoms with Crippen molar-refractivity contribution in [3.05, 3.63) is 63.7 Å². The molecule has 1 atom stereocenters.